The van der Waals surface area contributed by atoms with Crippen molar-refractivity contribution in [3.63, 3.8) is 0 Å². The predicted octanol–water partition coefficient (Wildman–Crippen LogP) is 2.54. The second-order valence-corrected chi connectivity index (χ2v) is 1.91. The Labute approximate surface area is 69.3 Å². The number of carbonyl (C=O) groups excluding carboxylic acids is 1. The van der Waals surface area contributed by atoms with Crippen LogP contribution in [-0.2, 0) is 9.53 Å². The van der Waals surface area contributed by atoms with Crippen LogP contribution in [-0.4, -0.2) is 12.6 Å². The first-order valence-corrected chi connectivity index (χ1v) is 3.96. The topological polar surface area (TPSA) is 26.3 Å². The average Bonchev–Trinajstić information content (AvgIpc) is 2.05. The van der Waals surface area contributed by atoms with Crippen molar-refractivity contribution in [2.75, 3.05) is 6.61 Å². The van der Waals surface area contributed by atoms with Crippen LogP contribution >= 0.6 is 0 Å². The lowest BCUT2D eigenvalue weighted by Gasteiger charge is -1.97. The number of ether oxygens (including phenoxy) is 1. The van der Waals surface area contributed by atoms with Crippen molar-refractivity contribution in [1.82, 2.24) is 0 Å². The average molecular weight is 158 g/mol. The highest BCUT2D eigenvalue weighted by atomic mass is 16.5. The first-order valence-electron chi connectivity index (χ1n) is 3.96. The molecule has 0 aromatic rings. The molecule has 0 unspecified atom stereocenters. The smallest absolute Gasteiger partial charge is 0.305 e. The van der Waals surface area contributed by atoms with Gasteiger partial charge in [-0.3, -0.25) is 4.79 Å². The zero-order valence-electron chi connectivity index (χ0n) is 7.56. The van der Waals surface area contributed by atoms with Crippen molar-refractivity contribution in [3.8, 4) is 0 Å². The lowest BCUT2D eigenvalue weighted by atomic mass is 10.3. The van der Waals surface area contributed by atoms with Crippen molar-refractivity contribution in [3.05, 3.63) is 13.2 Å². The fourth-order valence-electron chi connectivity index (χ4n) is 0.554. The molecule has 0 saturated carbocycles. The molecule has 0 N–H and O–H groups in total. The van der Waals surface area contributed by atoms with Crippen LogP contribution in [0.3, 0.4) is 0 Å². The van der Waals surface area contributed by atoms with Gasteiger partial charge in [0.1, 0.15) is 0 Å². The lowest BCUT2D eigenvalue weighted by Crippen LogP contribution is -2.02. The molecule has 11 heavy (non-hydrogen) atoms. The largest absolute Gasteiger partial charge is 0.466 e. The molecule has 0 aromatic heterocycles. The minimum Gasteiger partial charge on any atom is -0.466 e. The Balaban J connectivity index is 0. The molecule has 0 saturated heterocycles. The van der Waals surface area contributed by atoms with Gasteiger partial charge in [0.2, 0.25) is 0 Å². The zero-order valence-corrected chi connectivity index (χ0v) is 7.56. The zero-order chi connectivity index (χ0) is 9.11. The van der Waals surface area contributed by atoms with Crippen LogP contribution < -0.4 is 0 Å². The maximum absolute atomic E-state index is 10.6. The van der Waals surface area contributed by atoms with Crippen LogP contribution in [0.1, 0.15) is 33.1 Å². The summed E-state index contributed by atoms with van der Waals surface area (Å²) in [5.74, 6) is -0.0700. The van der Waals surface area contributed by atoms with Crippen molar-refractivity contribution < 1.29 is 9.53 Å². The molecule has 0 bridgehead atoms. The third-order valence-electron chi connectivity index (χ3n) is 1.04. The van der Waals surface area contributed by atoms with Crippen LogP contribution in [0.25, 0.3) is 0 Å². The molecule has 0 radical (unpaired) electrons. The summed E-state index contributed by atoms with van der Waals surface area (Å²) in [6.45, 7) is 10.4. The van der Waals surface area contributed by atoms with Crippen LogP contribution in [0.4, 0.5) is 0 Å². The maximum Gasteiger partial charge on any atom is 0.305 e. The molecule has 0 aliphatic rings. The minimum atomic E-state index is -0.0700. The van der Waals surface area contributed by atoms with Gasteiger partial charge in [-0.1, -0.05) is 13.3 Å². The first-order chi connectivity index (χ1) is 5.31. The summed E-state index contributed by atoms with van der Waals surface area (Å²) in [7, 11) is 0. The Bertz CT molecular complexity index is 89.6. The lowest BCUT2D eigenvalue weighted by molar-refractivity contribution is -0.143. The summed E-state index contributed by atoms with van der Waals surface area (Å²) in [6, 6.07) is 0. The Morgan fingerprint density at radius 2 is 1.91 bits per heavy atom. The molecule has 0 aliphatic carbocycles. The Kier molecular flexibility index (Phi) is 13.9. The maximum atomic E-state index is 10.6. The van der Waals surface area contributed by atoms with Crippen LogP contribution in [0, 0.1) is 0 Å². The third-order valence-corrected chi connectivity index (χ3v) is 1.04. The van der Waals surface area contributed by atoms with Gasteiger partial charge in [-0.2, -0.15) is 0 Å². The van der Waals surface area contributed by atoms with Crippen molar-refractivity contribution in [2.45, 2.75) is 33.1 Å². The quantitative estimate of drug-likeness (QED) is 0.464. The summed E-state index contributed by atoms with van der Waals surface area (Å²) in [5, 5.41) is 0. The molecular weight excluding hydrogens is 140 g/mol. The minimum absolute atomic E-state index is 0.0700. The fourth-order valence-corrected chi connectivity index (χ4v) is 0.554. The standard InChI is InChI=1S/C7H14O2.C2H4/c1-3-5-6-7(8)9-4-2;1-2/h3-6H2,1-2H3;1-2H2. The number of hydrogen-bond acceptors (Lipinski definition) is 2. The van der Waals surface area contributed by atoms with E-state index in [1.54, 1.807) is 0 Å². The number of hydrogen-bond donors (Lipinski definition) is 0. The Hall–Kier alpha value is -0.790. The Morgan fingerprint density at radius 1 is 1.36 bits per heavy atom. The molecule has 2 heteroatoms. The highest BCUT2D eigenvalue weighted by Gasteiger charge is 1.97. The van der Waals surface area contributed by atoms with Gasteiger partial charge >= 0.3 is 5.97 Å². The van der Waals surface area contributed by atoms with E-state index in [-0.39, 0.29) is 5.97 Å². The number of unbranched alkanes of at least 4 members (excludes halogenated alkanes) is 1. The third kappa shape index (κ3) is 12.4. The summed E-state index contributed by atoms with van der Waals surface area (Å²) in [4.78, 5) is 10.6. The van der Waals surface area contributed by atoms with E-state index in [1.165, 1.54) is 0 Å². The molecule has 0 amide bonds. The fraction of sp³-hybridized carbons (Fsp3) is 0.667. The van der Waals surface area contributed by atoms with Gasteiger partial charge in [-0.25, -0.2) is 0 Å². The second kappa shape index (κ2) is 11.9. The number of carbonyl (C=O) groups is 1. The molecular formula is C9H18O2. The van der Waals surface area contributed by atoms with E-state index >= 15 is 0 Å². The van der Waals surface area contributed by atoms with Crippen LogP contribution in [0.5, 0.6) is 0 Å². The van der Waals surface area contributed by atoms with E-state index in [9.17, 15) is 4.79 Å². The van der Waals surface area contributed by atoms with E-state index < -0.39 is 0 Å². The Morgan fingerprint density at radius 3 is 2.27 bits per heavy atom. The number of esters is 1. The van der Waals surface area contributed by atoms with Crippen LogP contribution in [0.2, 0.25) is 0 Å². The monoisotopic (exact) mass is 158 g/mol. The molecule has 2 nitrogen and oxygen atoms in total. The summed E-state index contributed by atoms with van der Waals surface area (Å²) in [5.41, 5.74) is 0. The SMILES string of the molecule is C=C.CCCCC(=O)OCC. The van der Waals surface area contributed by atoms with Gasteiger partial charge in [0.25, 0.3) is 0 Å². The van der Waals surface area contributed by atoms with Crippen molar-refractivity contribution >= 4 is 5.97 Å². The second-order valence-electron chi connectivity index (χ2n) is 1.91. The summed E-state index contributed by atoms with van der Waals surface area (Å²) < 4.78 is 4.70. The highest BCUT2D eigenvalue weighted by Crippen LogP contribution is 1.95. The van der Waals surface area contributed by atoms with Gasteiger partial charge in [0.05, 0.1) is 6.61 Å². The van der Waals surface area contributed by atoms with Gasteiger partial charge < -0.3 is 4.74 Å². The normalized spacial score (nSPS) is 7.82. The first kappa shape index (κ1) is 12.8. The van der Waals surface area contributed by atoms with E-state index in [0.717, 1.165) is 12.8 Å². The van der Waals surface area contributed by atoms with Gasteiger partial charge in [-0.05, 0) is 13.3 Å². The van der Waals surface area contributed by atoms with E-state index in [0.29, 0.717) is 13.0 Å². The molecule has 0 aliphatic heterocycles. The molecule has 0 aromatic carbocycles. The van der Waals surface area contributed by atoms with Crippen molar-refractivity contribution in [2.24, 2.45) is 0 Å². The van der Waals surface area contributed by atoms with E-state index in [1.807, 2.05) is 6.92 Å². The van der Waals surface area contributed by atoms with Gasteiger partial charge in [0, 0.05) is 6.42 Å². The molecule has 0 rings (SSSR count). The number of rotatable bonds is 4. The van der Waals surface area contributed by atoms with Gasteiger partial charge in [-0.15, -0.1) is 13.2 Å². The highest BCUT2D eigenvalue weighted by molar-refractivity contribution is 5.69. The van der Waals surface area contributed by atoms with Gasteiger partial charge in [0.15, 0.2) is 0 Å². The van der Waals surface area contributed by atoms with Crippen molar-refractivity contribution in [1.29, 1.82) is 0 Å². The summed E-state index contributed by atoms with van der Waals surface area (Å²) >= 11 is 0. The van der Waals surface area contributed by atoms with E-state index in [2.05, 4.69) is 20.1 Å². The van der Waals surface area contributed by atoms with Crippen LogP contribution in [0.15, 0.2) is 13.2 Å². The molecule has 0 atom stereocenters. The molecule has 66 valence electrons. The molecule has 0 spiro atoms. The molecule has 0 fully saturated rings. The summed E-state index contributed by atoms with van der Waals surface area (Å²) in [6.07, 6.45) is 2.57. The van der Waals surface area contributed by atoms with E-state index in [4.69, 9.17) is 4.74 Å². The predicted molar refractivity (Wildman–Crippen MR) is 47.4 cm³/mol. The molecule has 0 heterocycles.